The maximum atomic E-state index is 12.0. The van der Waals surface area contributed by atoms with Crippen LogP contribution in [0.5, 0.6) is 0 Å². The van der Waals surface area contributed by atoms with Gasteiger partial charge in [0.15, 0.2) is 0 Å². The van der Waals surface area contributed by atoms with Crippen molar-refractivity contribution < 1.29 is 19.1 Å². The Morgan fingerprint density at radius 3 is 2.60 bits per heavy atom. The molecule has 2 heterocycles. The van der Waals surface area contributed by atoms with Gasteiger partial charge >= 0.3 is 5.97 Å². The number of carbonyl (C=O) groups excluding carboxylic acids is 1. The van der Waals surface area contributed by atoms with Gasteiger partial charge in [-0.2, -0.15) is 0 Å². The number of benzene rings is 1. The molecule has 1 amide bonds. The lowest BCUT2D eigenvalue weighted by molar-refractivity contribution is -0.111. The summed E-state index contributed by atoms with van der Waals surface area (Å²) in [5.74, 6) is -1.03. The lowest BCUT2D eigenvalue weighted by Crippen LogP contribution is -2.10. The average Bonchev–Trinajstić information content (AvgIpc) is 3.23. The van der Waals surface area contributed by atoms with Crippen molar-refractivity contribution in [3.05, 3.63) is 70.5 Å². The zero-order valence-corrected chi connectivity index (χ0v) is 14.3. The van der Waals surface area contributed by atoms with Gasteiger partial charge in [0.1, 0.15) is 11.3 Å². The van der Waals surface area contributed by atoms with Crippen molar-refractivity contribution in [3.8, 4) is 10.4 Å². The number of nitrogens with one attached hydrogen (secondary N) is 1. The van der Waals surface area contributed by atoms with E-state index in [4.69, 9.17) is 16.0 Å². The molecule has 3 aromatic rings. The maximum Gasteiger partial charge on any atom is 0.339 e. The molecule has 2 N–H and O–H groups in total. The van der Waals surface area contributed by atoms with Crippen LogP contribution in [0.3, 0.4) is 0 Å². The van der Waals surface area contributed by atoms with E-state index in [9.17, 15) is 14.7 Å². The molecule has 3 rings (SSSR count). The van der Waals surface area contributed by atoms with Crippen LogP contribution in [0.25, 0.3) is 16.5 Å². The van der Waals surface area contributed by atoms with E-state index >= 15 is 0 Å². The van der Waals surface area contributed by atoms with E-state index in [0.29, 0.717) is 15.7 Å². The van der Waals surface area contributed by atoms with Crippen molar-refractivity contribution in [3.63, 3.8) is 0 Å². The zero-order chi connectivity index (χ0) is 17.8. The average molecular weight is 374 g/mol. The third-order valence-corrected chi connectivity index (χ3v) is 4.59. The summed E-state index contributed by atoms with van der Waals surface area (Å²) in [5, 5.41) is 14.3. The van der Waals surface area contributed by atoms with Crippen LogP contribution in [0, 0.1) is 0 Å². The van der Waals surface area contributed by atoms with Crippen LogP contribution in [0.1, 0.15) is 16.1 Å². The molecule has 0 spiro atoms. The number of rotatable bonds is 5. The van der Waals surface area contributed by atoms with Gasteiger partial charge in [0, 0.05) is 16.5 Å². The summed E-state index contributed by atoms with van der Waals surface area (Å²) in [5.41, 5.74) is 1.02. The Kier molecular flexibility index (Phi) is 5.02. The van der Waals surface area contributed by atoms with Crippen molar-refractivity contribution in [1.29, 1.82) is 0 Å². The van der Waals surface area contributed by atoms with Gasteiger partial charge in [0.2, 0.25) is 5.91 Å². The van der Waals surface area contributed by atoms with Gasteiger partial charge in [-0.1, -0.05) is 23.7 Å². The molecule has 0 radical (unpaired) electrons. The first-order valence-corrected chi connectivity index (χ1v) is 8.43. The third kappa shape index (κ3) is 3.99. The Hall–Kier alpha value is -2.83. The van der Waals surface area contributed by atoms with E-state index in [-0.39, 0.29) is 11.3 Å². The molecule has 0 bridgehead atoms. The SMILES string of the molecule is O=C(C=Cc1ccco1)Nc1csc(-c2ccc(Cl)cc2)c1C(=O)O. The predicted molar refractivity (Wildman–Crippen MR) is 98.1 cm³/mol. The number of anilines is 1. The molecule has 0 aliphatic heterocycles. The quantitative estimate of drug-likeness (QED) is 0.616. The lowest BCUT2D eigenvalue weighted by atomic mass is 10.1. The van der Waals surface area contributed by atoms with Crippen molar-refractivity contribution in [2.24, 2.45) is 0 Å². The second kappa shape index (κ2) is 7.38. The number of carboxylic acid groups (broad SMARTS) is 1. The molecule has 126 valence electrons. The van der Waals surface area contributed by atoms with E-state index in [1.807, 2.05) is 0 Å². The molecule has 0 atom stereocenters. The third-order valence-electron chi connectivity index (χ3n) is 3.31. The molecular weight excluding hydrogens is 362 g/mol. The standard InChI is InChI=1S/C18H12ClNO4S/c19-12-5-3-11(4-6-12)17-16(18(22)23)14(10-25-17)20-15(21)8-7-13-2-1-9-24-13/h1-10H,(H,20,21)(H,22,23). The van der Waals surface area contributed by atoms with Gasteiger partial charge in [0.05, 0.1) is 16.8 Å². The largest absolute Gasteiger partial charge is 0.478 e. The number of amides is 1. The molecule has 1 aromatic carbocycles. The van der Waals surface area contributed by atoms with E-state index in [2.05, 4.69) is 5.32 Å². The summed E-state index contributed by atoms with van der Waals surface area (Å²) in [6.45, 7) is 0. The van der Waals surface area contributed by atoms with Crippen molar-refractivity contribution in [2.45, 2.75) is 0 Å². The van der Waals surface area contributed by atoms with Gasteiger partial charge in [-0.3, -0.25) is 4.79 Å². The number of hydrogen-bond donors (Lipinski definition) is 2. The van der Waals surface area contributed by atoms with E-state index in [0.717, 1.165) is 5.56 Å². The smallest absolute Gasteiger partial charge is 0.339 e. The highest BCUT2D eigenvalue weighted by Gasteiger charge is 2.20. The molecule has 0 unspecified atom stereocenters. The van der Waals surface area contributed by atoms with Crippen LogP contribution >= 0.6 is 22.9 Å². The number of furan rings is 1. The van der Waals surface area contributed by atoms with E-state index in [1.54, 1.807) is 41.8 Å². The molecule has 2 aromatic heterocycles. The highest BCUT2D eigenvalue weighted by molar-refractivity contribution is 7.14. The molecule has 0 saturated carbocycles. The molecule has 25 heavy (non-hydrogen) atoms. The van der Waals surface area contributed by atoms with Crippen molar-refractivity contribution >= 4 is 46.6 Å². The number of aromatic carboxylic acids is 1. The minimum absolute atomic E-state index is 0.0482. The van der Waals surface area contributed by atoms with Crippen LogP contribution in [0.4, 0.5) is 5.69 Å². The first kappa shape index (κ1) is 17.0. The zero-order valence-electron chi connectivity index (χ0n) is 12.7. The molecule has 0 aliphatic rings. The predicted octanol–water partition coefficient (Wildman–Crippen LogP) is 5.01. The minimum atomic E-state index is -1.11. The van der Waals surface area contributed by atoms with Crippen LogP contribution in [-0.4, -0.2) is 17.0 Å². The second-order valence-corrected chi connectivity index (χ2v) is 6.32. The lowest BCUT2D eigenvalue weighted by Gasteiger charge is -2.04. The number of hydrogen-bond acceptors (Lipinski definition) is 4. The number of thiophene rings is 1. The van der Waals surface area contributed by atoms with Gasteiger partial charge in [-0.05, 0) is 35.9 Å². The second-order valence-electron chi connectivity index (χ2n) is 5.00. The highest BCUT2D eigenvalue weighted by Crippen LogP contribution is 2.36. The topological polar surface area (TPSA) is 79.5 Å². The first-order valence-electron chi connectivity index (χ1n) is 7.18. The monoisotopic (exact) mass is 373 g/mol. The summed E-state index contributed by atoms with van der Waals surface area (Å²) in [4.78, 5) is 24.2. The van der Waals surface area contributed by atoms with E-state index in [1.165, 1.54) is 29.8 Å². The fourth-order valence-electron chi connectivity index (χ4n) is 2.19. The normalized spacial score (nSPS) is 10.9. The van der Waals surface area contributed by atoms with Gasteiger partial charge < -0.3 is 14.8 Å². The summed E-state index contributed by atoms with van der Waals surface area (Å²) >= 11 is 7.11. The fraction of sp³-hybridized carbons (Fsp3) is 0. The van der Waals surface area contributed by atoms with Crippen LogP contribution in [0.15, 0.2) is 58.5 Å². The number of halogens is 1. The van der Waals surface area contributed by atoms with Crippen molar-refractivity contribution in [2.75, 3.05) is 5.32 Å². The van der Waals surface area contributed by atoms with Gasteiger partial charge in [0.25, 0.3) is 0 Å². The Bertz CT molecular complexity index is 927. The van der Waals surface area contributed by atoms with Gasteiger partial charge in [-0.25, -0.2) is 4.79 Å². The Balaban J connectivity index is 1.85. The summed E-state index contributed by atoms with van der Waals surface area (Å²) in [6.07, 6.45) is 4.28. The van der Waals surface area contributed by atoms with E-state index < -0.39 is 11.9 Å². The maximum absolute atomic E-state index is 12.0. The Labute approximate surface area is 152 Å². The number of carbonyl (C=O) groups is 2. The van der Waals surface area contributed by atoms with Gasteiger partial charge in [-0.15, -0.1) is 11.3 Å². The first-order chi connectivity index (χ1) is 12.0. The molecule has 0 saturated heterocycles. The summed E-state index contributed by atoms with van der Waals surface area (Å²) in [6, 6.07) is 10.3. The highest BCUT2D eigenvalue weighted by atomic mass is 35.5. The fourth-order valence-corrected chi connectivity index (χ4v) is 3.32. The molecule has 7 heteroatoms. The molecular formula is C18H12ClNO4S. The van der Waals surface area contributed by atoms with Crippen LogP contribution in [-0.2, 0) is 4.79 Å². The Morgan fingerprint density at radius 1 is 1.20 bits per heavy atom. The van der Waals surface area contributed by atoms with Crippen molar-refractivity contribution in [1.82, 2.24) is 0 Å². The summed E-state index contributed by atoms with van der Waals surface area (Å²) in [7, 11) is 0. The number of carboxylic acids is 1. The minimum Gasteiger partial charge on any atom is -0.478 e. The molecule has 0 fully saturated rings. The molecule has 5 nitrogen and oxygen atoms in total. The Morgan fingerprint density at radius 2 is 1.96 bits per heavy atom. The van der Waals surface area contributed by atoms with Crippen LogP contribution in [0.2, 0.25) is 5.02 Å². The summed E-state index contributed by atoms with van der Waals surface area (Å²) < 4.78 is 5.10. The van der Waals surface area contributed by atoms with Crippen LogP contribution < -0.4 is 5.32 Å². The molecule has 0 aliphatic carbocycles.